The molecule has 1 aromatic rings. The molecule has 1 aromatic carbocycles. The van der Waals surface area contributed by atoms with Crippen LogP contribution in [0.25, 0.3) is 0 Å². The van der Waals surface area contributed by atoms with Gasteiger partial charge in [0.2, 0.25) is 10.0 Å². The largest absolute Gasteiger partial charge is 0.453 e. The molecule has 1 N–H and O–H groups in total. The molecule has 7 nitrogen and oxygen atoms in total. The maximum absolute atomic E-state index is 12.7. The van der Waals surface area contributed by atoms with Gasteiger partial charge in [0.1, 0.15) is 4.93 Å². The predicted molar refractivity (Wildman–Crippen MR) is 91.6 cm³/mol. The Labute approximate surface area is 145 Å². The molecule has 1 spiro atoms. The maximum atomic E-state index is 12.7. The van der Waals surface area contributed by atoms with E-state index in [9.17, 15) is 13.2 Å². The smallest absolute Gasteiger partial charge is 0.411 e. The molecule has 3 rings (SSSR count). The summed E-state index contributed by atoms with van der Waals surface area (Å²) in [5.41, 5.74) is 0.481. The van der Waals surface area contributed by atoms with Gasteiger partial charge >= 0.3 is 6.09 Å². The fourth-order valence-corrected chi connectivity index (χ4v) is 5.50. The van der Waals surface area contributed by atoms with Crippen molar-refractivity contribution in [3.63, 3.8) is 0 Å². The number of nitrogens with zero attached hydrogens (tertiary/aromatic N) is 1. The summed E-state index contributed by atoms with van der Waals surface area (Å²) in [6.45, 7) is 1.65. The van der Waals surface area contributed by atoms with Crippen molar-refractivity contribution < 1.29 is 22.7 Å². The number of rotatable bonds is 3. The van der Waals surface area contributed by atoms with Crippen molar-refractivity contribution in [2.45, 2.75) is 22.7 Å². The molecule has 1 amide bonds. The van der Waals surface area contributed by atoms with Gasteiger partial charge in [0, 0.05) is 24.5 Å². The molecule has 9 heteroatoms. The average molecular weight is 372 g/mol. The van der Waals surface area contributed by atoms with Gasteiger partial charge in [-0.05, 0) is 37.1 Å². The lowest BCUT2D eigenvalue weighted by Gasteiger charge is -2.37. The van der Waals surface area contributed by atoms with Gasteiger partial charge in [-0.1, -0.05) is 0 Å². The summed E-state index contributed by atoms with van der Waals surface area (Å²) in [6.07, 6.45) is 0.818. The Morgan fingerprint density at radius 3 is 2.50 bits per heavy atom. The molecule has 24 heavy (non-hydrogen) atoms. The lowest BCUT2D eigenvalue weighted by molar-refractivity contribution is 0.0162. The minimum Gasteiger partial charge on any atom is -0.453 e. The first kappa shape index (κ1) is 17.5. The van der Waals surface area contributed by atoms with Crippen LogP contribution < -0.4 is 5.32 Å². The van der Waals surface area contributed by atoms with E-state index in [1.807, 2.05) is 0 Å². The Hall–Kier alpha value is -1.29. The molecule has 2 heterocycles. The number of amides is 1. The van der Waals surface area contributed by atoms with Crippen molar-refractivity contribution in [2.24, 2.45) is 0 Å². The van der Waals surface area contributed by atoms with E-state index in [4.69, 9.17) is 4.74 Å². The molecule has 0 saturated carbocycles. The summed E-state index contributed by atoms with van der Waals surface area (Å²) < 4.78 is 37.3. The van der Waals surface area contributed by atoms with Crippen molar-refractivity contribution >= 4 is 33.6 Å². The Morgan fingerprint density at radius 2 is 1.96 bits per heavy atom. The Balaban J connectivity index is 1.68. The van der Waals surface area contributed by atoms with Crippen molar-refractivity contribution in [2.75, 3.05) is 37.9 Å². The molecule has 0 aromatic heterocycles. The Kier molecular flexibility index (Phi) is 5.05. The van der Waals surface area contributed by atoms with E-state index in [-0.39, 0.29) is 9.83 Å². The van der Waals surface area contributed by atoms with Crippen LogP contribution in [-0.4, -0.2) is 56.3 Å². The fraction of sp³-hybridized carbons (Fsp3) is 0.533. The van der Waals surface area contributed by atoms with Crippen LogP contribution in [0.15, 0.2) is 29.2 Å². The first-order chi connectivity index (χ1) is 11.5. The summed E-state index contributed by atoms with van der Waals surface area (Å²) >= 11 is 1.79. The molecule has 0 aliphatic carbocycles. The number of hydrogen-bond donors (Lipinski definition) is 1. The van der Waals surface area contributed by atoms with Crippen LogP contribution >= 0.6 is 11.8 Å². The maximum Gasteiger partial charge on any atom is 0.411 e. The standard InChI is InChI=1S/C15H20N2O5S2/c1-21-14(18)16-12-2-4-13(5-3-12)24(19,20)17-8-6-15(7-9-17)22-10-11-23-15/h2-5H,6-11H2,1H3,(H,16,18). The van der Waals surface area contributed by atoms with E-state index in [2.05, 4.69) is 10.1 Å². The van der Waals surface area contributed by atoms with Gasteiger partial charge < -0.3 is 9.47 Å². The Morgan fingerprint density at radius 1 is 1.29 bits per heavy atom. The van der Waals surface area contributed by atoms with Crippen molar-refractivity contribution in [3.8, 4) is 0 Å². The number of ether oxygens (including phenoxy) is 2. The lowest BCUT2D eigenvalue weighted by atomic mass is 10.1. The zero-order valence-corrected chi connectivity index (χ0v) is 15.0. The van der Waals surface area contributed by atoms with E-state index in [1.54, 1.807) is 23.9 Å². The SMILES string of the molecule is COC(=O)Nc1ccc(S(=O)(=O)N2CCC3(CC2)OCCS3)cc1. The second-order valence-electron chi connectivity index (χ2n) is 5.65. The van der Waals surface area contributed by atoms with E-state index < -0.39 is 16.1 Å². The zero-order chi connectivity index (χ0) is 17.2. The minimum absolute atomic E-state index is 0.194. The predicted octanol–water partition coefficient (Wildman–Crippen LogP) is 2.11. The molecule has 0 radical (unpaired) electrons. The van der Waals surface area contributed by atoms with E-state index in [1.165, 1.54) is 23.5 Å². The highest BCUT2D eigenvalue weighted by molar-refractivity contribution is 8.00. The molecule has 2 fully saturated rings. The first-order valence-electron chi connectivity index (χ1n) is 7.68. The molecule has 2 saturated heterocycles. The number of carbonyl (C=O) groups excluding carboxylic acids is 1. The highest BCUT2D eigenvalue weighted by Gasteiger charge is 2.42. The molecule has 2 aliphatic heterocycles. The van der Waals surface area contributed by atoms with Gasteiger partial charge in [0.25, 0.3) is 0 Å². The summed E-state index contributed by atoms with van der Waals surface area (Å²) in [6, 6.07) is 6.08. The fourth-order valence-electron chi connectivity index (χ4n) is 2.88. The number of benzene rings is 1. The second-order valence-corrected chi connectivity index (χ2v) is 9.03. The number of sulfonamides is 1. The molecule has 2 aliphatic rings. The molecule has 0 unspecified atom stereocenters. The van der Waals surface area contributed by atoms with Crippen LogP contribution in [0.4, 0.5) is 10.5 Å². The van der Waals surface area contributed by atoms with Gasteiger partial charge in [-0.3, -0.25) is 5.32 Å². The summed E-state index contributed by atoms with van der Waals surface area (Å²) in [4.78, 5) is 11.2. The van der Waals surface area contributed by atoms with E-state index >= 15 is 0 Å². The van der Waals surface area contributed by atoms with Crippen LogP contribution in [-0.2, 0) is 19.5 Å². The number of carbonyl (C=O) groups is 1. The normalized spacial score (nSPS) is 20.9. The first-order valence-corrected chi connectivity index (χ1v) is 10.1. The van der Waals surface area contributed by atoms with Crippen LogP contribution in [0.3, 0.4) is 0 Å². The number of piperidine rings is 1. The monoisotopic (exact) mass is 372 g/mol. The highest BCUT2D eigenvalue weighted by Crippen LogP contribution is 2.42. The molecule has 0 bridgehead atoms. The third-order valence-electron chi connectivity index (χ3n) is 4.22. The van der Waals surface area contributed by atoms with Crippen LogP contribution in [0, 0.1) is 0 Å². The van der Waals surface area contributed by atoms with Crippen LogP contribution in [0.2, 0.25) is 0 Å². The quantitative estimate of drug-likeness (QED) is 0.875. The Bertz CT molecular complexity index is 689. The van der Waals surface area contributed by atoms with Crippen molar-refractivity contribution in [1.82, 2.24) is 4.31 Å². The molecular weight excluding hydrogens is 352 g/mol. The third kappa shape index (κ3) is 3.53. The number of methoxy groups -OCH3 is 1. The van der Waals surface area contributed by atoms with Crippen LogP contribution in [0.1, 0.15) is 12.8 Å². The highest BCUT2D eigenvalue weighted by atomic mass is 32.2. The minimum atomic E-state index is -3.53. The van der Waals surface area contributed by atoms with E-state index in [0.717, 1.165) is 12.4 Å². The number of nitrogens with one attached hydrogen (secondary N) is 1. The number of thioether (sulfide) groups is 1. The van der Waals surface area contributed by atoms with Crippen LogP contribution in [0.5, 0.6) is 0 Å². The molecule has 132 valence electrons. The lowest BCUT2D eigenvalue weighted by Crippen LogP contribution is -2.44. The summed E-state index contributed by atoms with van der Waals surface area (Å²) in [5.74, 6) is 0.974. The average Bonchev–Trinajstić information content (AvgIpc) is 3.03. The van der Waals surface area contributed by atoms with Gasteiger partial charge in [-0.2, -0.15) is 4.31 Å². The van der Waals surface area contributed by atoms with E-state index in [0.29, 0.717) is 31.6 Å². The van der Waals surface area contributed by atoms with Gasteiger partial charge in [0.15, 0.2) is 0 Å². The van der Waals surface area contributed by atoms with Crippen molar-refractivity contribution in [1.29, 1.82) is 0 Å². The third-order valence-corrected chi connectivity index (χ3v) is 7.56. The zero-order valence-electron chi connectivity index (χ0n) is 13.4. The topological polar surface area (TPSA) is 84.9 Å². The second kappa shape index (κ2) is 6.91. The summed E-state index contributed by atoms with van der Waals surface area (Å²) in [5, 5.41) is 2.49. The summed E-state index contributed by atoms with van der Waals surface area (Å²) in [7, 11) is -2.27. The molecular formula is C15H20N2O5S2. The van der Waals surface area contributed by atoms with Crippen molar-refractivity contribution in [3.05, 3.63) is 24.3 Å². The number of hydrogen-bond acceptors (Lipinski definition) is 6. The van der Waals surface area contributed by atoms with Gasteiger partial charge in [0.05, 0.1) is 18.6 Å². The molecule has 0 atom stereocenters. The van der Waals surface area contributed by atoms with Gasteiger partial charge in [-0.25, -0.2) is 13.2 Å². The number of anilines is 1. The van der Waals surface area contributed by atoms with Gasteiger partial charge in [-0.15, -0.1) is 11.8 Å².